The van der Waals surface area contributed by atoms with Gasteiger partial charge in [-0.15, -0.1) is 0 Å². The van der Waals surface area contributed by atoms with Gasteiger partial charge in [-0.05, 0) is 32.2 Å². The first kappa shape index (κ1) is 17.6. The predicted octanol–water partition coefficient (Wildman–Crippen LogP) is 2.62. The third kappa shape index (κ3) is 4.60. The maximum atomic E-state index is 12.8. The number of nitrogens with zero attached hydrogens (tertiary/aromatic N) is 3. The van der Waals surface area contributed by atoms with E-state index in [9.17, 15) is 13.2 Å². The summed E-state index contributed by atoms with van der Waals surface area (Å²) >= 11 is 0. The Bertz CT molecular complexity index is 572. The van der Waals surface area contributed by atoms with Crippen LogP contribution in [-0.4, -0.2) is 55.6 Å². The van der Waals surface area contributed by atoms with Gasteiger partial charge in [-0.1, -0.05) is 0 Å². The number of alkyl halides is 3. The van der Waals surface area contributed by atoms with Crippen LogP contribution in [0.4, 0.5) is 18.9 Å². The molecule has 126 valence electrons. The second-order valence-electron chi connectivity index (χ2n) is 5.94. The van der Waals surface area contributed by atoms with E-state index in [4.69, 9.17) is 5.26 Å². The molecule has 1 aliphatic heterocycles. The zero-order valence-corrected chi connectivity index (χ0v) is 13.3. The molecule has 0 bridgehead atoms. The van der Waals surface area contributed by atoms with Crippen molar-refractivity contribution in [1.29, 1.82) is 5.26 Å². The quantitative estimate of drug-likeness (QED) is 0.924. The zero-order valence-electron chi connectivity index (χ0n) is 13.3. The van der Waals surface area contributed by atoms with Crippen molar-refractivity contribution in [2.75, 3.05) is 45.1 Å². The number of piperazine rings is 1. The van der Waals surface area contributed by atoms with Crippen LogP contribution in [-0.2, 0) is 6.18 Å². The van der Waals surface area contributed by atoms with Gasteiger partial charge in [-0.3, -0.25) is 4.90 Å². The maximum absolute atomic E-state index is 12.8. The molecule has 1 atom stereocenters. The number of anilines is 1. The van der Waals surface area contributed by atoms with E-state index in [1.165, 1.54) is 12.1 Å². The fourth-order valence-electron chi connectivity index (χ4n) is 2.65. The average Bonchev–Trinajstić information content (AvgIpc) is 2.52. The van der Waals surface area contributed by atoms with Gasteiger partial charge < -0.3 is 10.2 Å². The first-order valence-electron chi connectivity index (χ1n) is 7.59. The Morgan fingerprint density at radius 1 is 1.26 bits per heavy atom. The highest BCUT2D eigenvalue weighted by atomic mass is 19.4. The molecule has 7 heteroatoms. The number of hydrogen-bond donors (Lipinski definition) is 1. The van der Waals surface area contributed by atoms with Crippen molar-refractivity contribution in [1.82, 2.24) is 9.80 Å². The molecular formula is C16H21F3N4. The molecule has 0 saturated carbocycles. The Morgan fingerprint density at radius 3 is 2.48 bits per heavy atom. The van der Waals surface area contributed by atoms with Crippen LogP contribution in [0.5, 0.6) is 0 Å². The predicted molar refractivity (Wildman–Crippen MR) is 83.2 cm³/mol. The molecule has 1 aromatic rings. The molecule has 0 aliphatic carbocycles. The average molecular weight is 326 g/mol. The van der Waals surface area contributed by atoms with Gasteiger partial charge >= 0.3 is 6.18 Å². The fourth-order valence-corrected chi connectivity index (χ4v) is 2.65. The minimum absolute atomic E-state index is 0.275. The molecule has 1 aromatic carbocycles. The standard InChI is InChI=1S/C16H21F3N4/c1-12(23-7-5-22(2)6-8-23)11-21-14-3-4-15(16(17,18)19)13(9-14)10-20/h3-4,9,12,21H,5-8,11H2,1-2H3/t12-/m0/s1. The molecule has 0 radical (unpaired) electrons. The number of hydrogen-bond acceptors (Lipinski definition) is 4. The van der Waals surface area contributed by atoms with Gasteiger partial charge in [-0.25, -0.2) is 0 Å². The molecule has 1 heterocycles. The van der Waals surface area contributed by atoms with Crippen LogP contribution in [0.1, 0.15) is 18.1 Å². The lowest BCUT2D eigenvalue weighted by atomic mass is 10.1. The molecule has 23 heavy (non-hydrogen) atoms. The summed E-state index contributed by atoms with van der Waals surface area (Å²) in [6, 6.07) is 5.50. The Labute approximate surface area is 134 Å². The number of halogens is 3. The Hall–Kier alpha value is -1.78. The van der Waals surface area contributed by atoms with Crippen LogP contribution in [0.15, 0.2) is 18.2 Å². The summed E-state index contributed by atoms with van der Waals surface area (Å²) in [5, 5.41) is 12.1. The number of rotatable bonds is 4. The van der Waals surface area contributed by atoms with Crippen molar-refractivity contribution in [3.8, 4) is 6.07 Å². The van der Waals surface area contributed by atoms with E-state index in [2.05, 4.69) is 29.1 Å². The lowest BCUT2D eigenvalue weighted by Gasteiger charge is -2.36. The fraction of sp³-hybridized carbons (Fsp3) is 0.562. The van der Waals surface area contributed by atoms with Crippen LogP contribution in [0, 0.1) is 11.3 Å². The van der Waals surface area contributed by atoms with Crippen LogP contribution < -0.4 is 5.32 Å². The molecule has 4 nitrogen and oxygen atoms in total. The van der Waals surface area contributed by atoms with E-state index in [-0.39, 0.29) is 11.6 Å². The third-order valence-electron chi connectivity index (χ3n) is 4.21. The maximum Gasteiger partial charge on any atom is 0.417 e. The smallest absolute Gasteiger partial charge is 0.383 e. The summed E-state index contributed by atoms with van der Waals surface area (Å²) in [5.74, 6) is 0. The number of benzene rings is 1. The van der Waals surface area contributed by atoms with Gasteiger partial charge in [0, 0.05) is 44.5 Å². The Kier molecular flexibility index (Phi) is 5.50. The van der Waals surface area contributed by atoms with Crippen molar-refractivity contribution < 1.29 is 13.2 Å². The Balaban J connectivity index is 1.97. The van der Waals surface area contributed by atoms with Gasteiger partial charge in [0.1, 0.15) is 0 Å². The molecule has 0 amide bonds. The number of nitriles is 1. The number of nitrogens with one attached hydrogen (secondary N) is 1. The highest BCUT2D eigenvalue weighted by molar-refractivity contribution is 5.53. The molecule has 1 saturated heterocycles. The minimum atomic E-state index is -4.50. The molecule has 0 unspecified atom stereocenters. The molecular weight excluding hydrogens is 305 g/mol. The highest BCUT2D eigenvalue weighted by Crippen LogP contribution is 2.33. The summed E-state index contributed by atoms with van der Waals surface area (Å²) in [6.07, 6.45) is -4.50. The third-order valence-corrected chi connectivity index (χ3v) is 4.21. The van der Waals surface area contributed by atoms with E-state index >= 15 is 0 Å². The lowest BCUT2D eigenvalue weighted by Crippen LogP contribution is -2.49. The van der Waals surface area contributed by atoms with E-state index in [0.29, 0.717) is 12.2 Å². The van der Waals surface area contributed by atoms with E-state index in [1.54, 1.807) is 6.07 Å². The van der Waals surface area contributed by atoms with E-state index < -0.39 is 11.7 Å². The van der Waals surface area contributed by atoms with Gasteiger partial charge in [0.25, 0.3) is 0 Å². The molecule has 2 rings (SSSR count). The molecule has 0 aromatic heterocycles. The van der Waals surface area contributed by atoms with Crippen LogP contribution in [0.3, 0.4) is 0 Å². The van der Waals surface area contributed by atoms with Crippen LogP contribution >= 0.6 is 0 Å². The van der Waals surface area contributed by atoms with Gasteiger partial charge in [0.2, 0.25) is 0 Å². The second kappa shape index (κ2) is 7.20. The minimum Gasteiger partial charge on any atom is -0.383 e. The molecule has 0 spiro atoms. The first-order valence-corrected chi connectivity index (χ1v) is 7.59. The molecule has 1 fully saturated rings. The number of likely N-dealkylation sites (N-methyl/N-ethyl adjacent to an activating group) is 1. The summed E-state index contributed by atoms with van der Waals surface area (Å²) in [7, 11) is 2.09. The molecule has 1 N–H and O–H groups in total. The van der Waals surface area contributed by atoms with Crippen LogP contribution in [0.25, 0.3) is 0 Å². The van der Waals surface area contributed by atoms with Crippen LogP contribution in [0.2, 0.25) is 0 Å². The van der Waals surface area contributed by atoms with Crippen molar-refractivity contribution in [2.24, 2.45) is 0 Å². The first-order chi connectivity index (χ1) is 10.8. The monoisotopic (exact) mass is 326 g/mol. The van der Waals surface area contributed by atoms with Crippen molar-refractivity contribution >= 4 is 5.69 Å². The second-order valence-corrected chi connectivity index (χ2v) is 5.94. The zero-order chi connectivity index (χ0) is 17.0. The van der Waals surface area contributed by atoms with Gasteiger partial charge in [0.15, 0.2) is 0 Å². The Morgan fingerprint density at radius 2 is 1.91 bits per heavy atom. The normalized spacial score (nSPS) is 18.4. The lowest BCUT2D eigenvalue weighted by molar-refractivity contribution is -0.137. The van der Waals surface area contributed by atoms with Crippen molar-refractivity contribution in [3.63, 3.8) is 0 Å². The van der Waals surface area contributed by atoms with Gasteiger partial charge in [-0.2, -0.15) is 18.4 Å². The van der Waals surface area contributed by atoms with E-state index in [1.807, 2.05) is 0 Å². The SMILES string of the molecule is C[C@@H](CNc1ccc(C(F)(F)F)c(C#N)c1)N1CCN(C)CC1. The summed E-state index contributed by atoms with van der Waals surface area (Å²) in [6.45, 7) is 6.71. The summed E-state index contributed by atoms with van der Waals surface area (Å²) in [4.78, 5) is 4.62. The topological polar surface area (TPSA) is 42.3 Å². The summed E-state index contributed by atoms with van der Waals surface area (Å²) in [5.41, 5.74) is -0.706. The molecule has 1 aliphatic rings. The highest BCUT2D eigenvalue weighted by Gasteiger charge is 2.33. The van der Waals surface area contributed by atoms with Crippen molar-refractivity contribution in [3.05, 3.63) is 29.3 Å². The largest absolute Gasteiger partial charge is 0.417 e. The van der Waals surface area contributed by atoms with Crippen molar-refractivity contribution in [2.45, 2.75) is 19.1 Å². The van der Waals surface area contributed by atoms with E-state index in [0.717, 1.165) is 32.2 Å². The summed E-state index contributed by atoms with van der Waals surface area (Å²) < 4.78 is 38.3. The van der Waals surface area contributed by atoms with Gasteiger partial charge in [0.05, 0.1) is 17.2 Å².